The van der Waals surface area contributed by atoms with Crippen molar-refractivity contribution in [2.45, 2.75) is 44.6 Å². The number of hydrogen-bond donors (Lipinski definition) is 1. The molecular weight excluding hydrogens is 490 g/mol. The van der Waals surface area contributed by atoms with E-state index in [2.05, 4.69) is 53.1 Å². The van der Waals surface area contributed by atoms with E-state index in [1.165, 1.54) is 17.6 Å². The molecule has 8 nitrogen and oxygen atoms in total. The molecule has 0 atom stereocenters. The van der Waals surface area contributed by atoms with E-state index in [0.717, 1.165) is 44.5 Å². The zero-order valence-electron chi connectivity index (χ0n) is 22.9. The Balaban J connectivity index is 1.29. The molecule has 0 radical (unpaired) electrons. The van der Waals surface area contributed by atoms with Gasteiger partial charge in [-0.15, -0.1) is 0 Å². The van der Waals surface area contributed by atoms with Gasteiger partial charge in [-0.2, -0.15) is 0 Å². The number of pyridine rings is 1. The van der Waals surface area contributed by atoms with Gasteiger partial charge < -0.3 is 19.3 Å². The average molecular weight is 530 g/mol. The molecule has 1 saturated heterocycles. The number of nitrogens with zero attached hydrogens (tertiary/aromatic N) is 5. The highest BCUT2D eigenvalue weighted by molar-refractivity contribution is 5.94. The minimum atomic E-state index is -0.291. The molecule has 2 fully saturated rings. The Morgan fingerprint density at radius 2 is 1.77 bits per heavy atom. The minimum absolute atomic E-state index is 0.0722. The maximum absolute atomic E-state index is 13.9. The number of oxazole rings is 1. The number of anilines is 3. The van der Waals surface area contributed by atoms with Gasteiger partial charge in [0.1, 0.15) is 12.1 Å². The smallest absolute Gasteiger partial charge is 0.231 e. The van der Waals surface area contributed by atoms with Crippen molar-refractivity contribution in [2.24, 2.45) is 11.8 Å². The first-order valence-electron chi connectivity index (χ1n) is 14.0. The maximum atomic E-state index is 13.9. The summed E-state index contributed by atoms with van der Waals surface area (Å²) < 4.78 is 5.30. The van der Waals surface area contributed by atoms with Gasteiger partial charge in [0.2, 0.25) is 11.8 Å². The van der Waals surface area contributed by atoms with Gasteiger partial charge >= 0.3 is 0 Å². The van der Waals surface area contributed by atoms with Gasteiger partial charge in [-0.1, -0.05) is 6.07 Å². The van der Waals surface area contributed by atoms with Crippen LogP contribution in [0.3, 0.4) is 0 Å². The predicted molar refractivity (Wildman–Crippen MR) is 156 cm³/mol. The number of rotatable bonds is 8. The molecule has 0 bridgehead atoms. The largest absolute Gasteiger partial charge is 0.445 e. The highest BCUT2D eigenvalue weighted by Gasteiger charge is 2.32. The van der Waals surface area contributed by atoms with Crippen LogP contribution in [0.15, 0.2) is 59.3 Å². The van der Waals surface area contributed by atoms with Crippen LogP contribution < -0.4 is 14.7 Å². The SMILES string of the molecule is CN(C)c1ccc(N2CCC(CN(C(=O)C3CCC(O)CC3)c3cccc(/C=C/c4ncco4)n3)CC2)cc1. The van der Waals surface area contributed by atoms with E-state index < -0.39 is 0 Å². The normalized spacial score (nSPS) is 20.3. The number of aliphatic hydroxyl groups is 1. The summed E-state index contributed by atoms with van der Waals surface area (Å²) in [7, 11) is 4.11. The summed E-state index contributed by atoms with van der Waals surface area (Å²) in [6.45, 7) is 2.59. The molecule has 2 aliphatic rings. The van der Waals surface area contributed by atoms with Crippen LogP contribution in [0.25, 0.3) is 12.2 Å². The molecule has 3 heterocycles. The van der Waals surface area contributed by atoms with Gasteiger partial charge in [0, 0.05) is 57.1 Å². The fraction of sp³-hybridized carbons (Fsp3) is 0.452. The van der Waals surface area contributed by atoms with Gasteiger partial charge in [-0.05, 0) is 86.9 Å². The second-order valence-electron chi connectivity index (χ2n) is 10.9. The van der Waals surface area contributed by atoms with Crippen LogP contribution in [0.4, 0.5) is 17.2 Å². The van der Waals surface area contributed by atoms with Gasteiger partial charge in [-0.25, -0.2) is 9.97 Å². The molecule has 1 saturated carbocycles. The Morgan fingerprint density at radius 1 is 1.03 bits per heavy atom. The van der Waals surface area contributed by atoms with E-state index in [4.69, 9.17) is 9.40 Å². The van der Waals surface area contributed by atoms with Crippen molar-refractivity contribution in [3.63, 3.8) is 0 Å². The number of amides is 1. The number of carbonyl (C=O) groups is 1. The van der Waals surface area contributed by atoms with Crippen molar-refractivity contribution >= 4 is 35.3 Å². The molecule has 2 aromatic heterocycles. The van der Waals surface area contributed by atoms with E-state index in [1.807, 2.05) is 29.2 Å². The summed E-state index contributed by atoms with van der Waals surface area (Å²) in [6, 6.07) is 14.5. The quantitative estimate of drug-likeness (QED) is 0.434. The molecule has 1 aromatic carbocycles. The topological polar surface area (TPSA) is 85.9 Å². The van der Waals surface area contributed by atoms with Crippen LogP contribution in [-0.2, 0) is 4.79 Å². The summed E-state index contributed by atoms with van der Waals surface area (Å²) in [5.74, 6) is 1.65. The summed E-state index contributed by atoms with van der Waals surface area (Å²) in [4.78, 5) is 29.3. The predicted octanol–water partition coefficient (Wildman–Crippen LogP) is 5.11. The summed E-state index contributed by atoms with van der Waals surface area (Å²) in [6.07, 6.45) is 11.3. The molecule has 3 aromatic rings. The molecule has 0 unspecified atom stereocenters. The summed E-state index contributed by atoms with van der Waals surface area (Å²) in [5, 5.41) is 10.00. The van der Waals surface area contributed by atoms with Crippen molar-refractivity contribution in [3.8, 4) is 0 Å². The van der Waals surface area contributed by atoms with Crippen molar-refractivity contribution in [3.05, 3.63) is 66.5 Å². The Bertz CT molecular complexity index is 1230. The number of piperidine rings is 1. The van der Waals surface area contributed by atoms with E-state index in [1.54, 1.807) is 12.3 Å². The van der Waals surface area contributed by atoms with Gasteiger partial charge in [0.05, 0.1) is 18.0 Å². The van der Waals surface area contributed by atoms with Gasteiger partial charge in [0.25, 0.3) is 0 Å². The van der Waals surface area contributed by atoms with Crippen molar-refractivity contribution < 1.29 is 14.3 Å². The lowest BCUT2D eigenvalue weighted by Gasteiger charge is -2.37. The third-order valence-corrected chi connectivity index (χ3v) is 7.98. The zero-order valence-corrected chi connectivity index (χ0v) is 22.9. The molecule has 206 valence electrons. The first-order valence-corrected chi connectivity index (χ1v) is 14.0. The minimum Gasteiger partial charge on any atom is -0.445 e. The lowest BCUT2D eigenvalue weighted by Crippen LogP contribution is -2.44. The van der Waals surface area contributed by atoms with E-state index in [9.17, 15) is 9.90 Å². The van der Waals surface area contributed by atoms with Crippen LogP contribution in [0.5, 0.6) is 0 Å². The Hall–Kier alpha value is -3.65. The molecule has 1 amide bonds. The Kier molecular flexibility index (Phi) is 8.61. The highest BCUT2D eigenvalue weighted by Crippen LogP contribution is 2.31. The van der Waals surface area contributed by atoms with Crippen LogP contribution in [0, 0.1) is 11.8 Å². The molecule has 39 heavy (non-hydrogen) atoms. The van der Waals surface area contributed by atoms with E-state index in [0.29, 0.717) is 37.0 Å². The molecule has 0 spiro atoms. The molecule has 8 heteroatoms. The number of hydrogen-bond acceptors (Lipinski definition) is 7. The molecule has 1 aliphatic heterocycles. The monoisotopic (exact) mass is 529 g/mol. The Morgan fingerprint density at radius 3 is 2.44 bits per heavy atom. The lowest BCUT2D eigenvalue weighted by atomic mass is 9.86. The fourth-order valence-corrected chi connectivity index (χ4v) is 5.59. The first kappa shape index (κ1) is 26.9. The first-order chi connectivity index (χ1) is 19.0. The zero-order chi connectivity index (χ0) is 27.2. The Labute approximate surface area is 231 Å². The van der Waals surface area contributed by atoms with Crippen molar-refractivity contribution in [2.75, 3.05) is 48.4 Å². The lowest BCUT2D eigenvalue weighted by molar-refractivity contribution is -0.124. The fourth-order valence-electron chi connectivity index (χ4n) is 5.59. The van der Waals surface area contributed by atoms with E-state index >= 15 is 0 Å². The maximum Gasteiger partial charge on any atom is 0.231 e. The molecule has 1 aliphatic carbocycles. The number of aliphatic hydroxyl groups excluding tert-OH is 1. The van der Waals surface area contributed by atoms with E-state index in [-0.39, 0.29) is 17.9 Å². The number of benzene rings is 1. The highest BCUT2D eigenvalue weighted by atomic mass is 16.3. The number of carbonyl (C=O) groups excluding carboxylic acids is 1. The summed E-state index contributed by atoms with van der Waals surface area (Å²) in [5.41, 5.74) is 3.20. The van der Waals surface area contributed by atoms with Gasteiger partial charge in [0.15, 0.2) is 0 Å². The second-order valence-corrected chi connectivity index (χ2v) is 10.9. The molecule has 5 rings (SSSR count). The summed E-state index contributed by atoms with van der Waals surface area (Å²) >= 11 is 0. The van der Waals surface area contributed by atoms with Crippen LogP contribution in [0.2, 0.25) is 0 Å². The van der Waals surface area contributed by atoms with Crippen LogP contribution in [0.1, 0.15) is 50.1 Å². The van der Waals surface area contributed by atoms with Crippen LogP contribution >= 0.6 is 0 Å². The third kappa shape index (κ3) is 6.87. The van der Waals surface area contributed by atoms with Crippen molar-refractivity contribution in [1.82, 2.24) is 9.97 Å². The molecular formula is C31H39N5O3. The average Bonchev–Trinajstić information content (AvgIpc) is 3.49. The van der Waals surface area contributed by atoms with Crippen LogP contribution in [-0.4, -0.2) is 60.8 Å². The standard InChI is InChI=1S/C31H39N5O3/c1-34(2)26-9-11-27(12-10-26)35-19-16-23(17-20-35)22-36(31(38)24-6-13-28(37)14-7-24)29-5-3-4-25(33-29)8-15-30-32-18-21-39-30/h3-5,8-12,15,18,21,23-24,28,37H,6-7,13-14,16-17,19-20,22H2,1-2H3/b15-8+. The number of aromatic nitrogens is 2. The molecule has 1 N–H and O–H groups in total. The van der Waals surface area contributed by atoms with Crippen molar-refractivity contribution in [1.29, 1.82) is 0 Å². The second kappa shape index (κ2) is 12.5. The third-order valence-electron chi connectivity index (χ3n) is 7.98. The van der Waals surface area contributed by atoms with Gasteiger partial charge in [-0.3, -0.25) is 9.69 Å².